The molecule has 0 radical (unpaired) electrons. The van der Waals surface area contributed by atoms with Crippen LogP contribution in [0.3, 0.4) is 0 Å². The molecule has 152 valence electrons. The van der Waals surface area contributed by atoms with E-state index in [0.717, 1.165) is 11.1 Å². The first-order valence-corrected chi connectivity index (χ1v) is 9.78. The van der Waals surface area contributed by atoms with Crippen LogP contribution in [0.4, 0.5) is 0 Å². The van der Waals surface area contributed by atoms with Gasteiger partial charge < -0.3 is 15.0 Å². The number of nitrogens with zero attached hydrogens (tertiary/aromatic N) is 1. The molecule has 0 aliphatic heterocycles. The Bertz CT molecular complexity index is 1100. The van der Waals surface area contributed by atoms with Gasteiger partial charge >= 0.3 is 5.97 Å². The second-order valence-electron chi connectivity index (χ2n) is 7.07. The van der Waals surface area contributed by atoms with Crippen molar-refractivity contribution in [3.63, 3.8) is 0 Å². The molecule has 4 rings (SSSR count). The number of carbonyl (C=O) groups excluding carboxylic acids is 3. The van der Waals surface area contributed by atoms with Gasteiger partial charge in [0.25, 0.3) is 5.91 Å². The minimum Gasteiger partial charge on any atom is -0.460 e. The molecular weight excluding hydrogens is 382 g/mol. The van der Waals surface area contributed by atoms with Crippen molar-refractivity contribution in [3.8, 4) is 0 Å². The van der Waals surface area contributed by atoms with Gasteiger partial charge in [0.2, 0.25) is 5.82 Å². The van der Waals surface area contributed by atoms with E-state index in [1.165, 1.54) is 6.20 Å². The van der Waals surface area contributed by atoms with Gasteiger partial charge in [-0.25, -0.2) is 9.78 Å². The van der Waals surface area contributed by atoms with Crippen molar-refractivity contribution in [1.82, 2.24) is 15.3 Å². The van der Waals surface area contributed by atoms with E-state index in [-0.39, 0.29) is 24.1 Å². The number of aromatic nitrogens is 2. The number of amides is 1. The number of aromatic amines is 1. The third-order valence-electron chi connectivity index (χ3n) is 5.11. The molecule has 7 nitrogen and oxygen atoms in total. The quantitative estimate of drug-likeness (QED) is 0.616. The summed E-state index contributed by atoms with van der Waals surface area (Å²) in [6, 6.07) is 14.8. The molecule has 0 fully saturated rings. The highest BCUT2D eigenvalue weighted by molar-refractivity contribution is 6.06. The van der Waals surface area contributed by atoms with Gasteiger partial charge in [0.15, 0.2) is 5.78 Å². The molecule has 1 aliphatic carbocycles. The van der Waals surface area contributed by atoms with Crippen molar-refractivity contribution in [2.45, 2.75) is 25.8 Å². The minimum absolute atomic E-state index is 0.0553. The van der Waals surface area contributed by atoms with Crippen molar-refractivity contribution in [2.75, 3.05) is 6.61 Å². The summed E-state index contributed by atoms with van der Waals surface area (Å²) in [5.41, 5.74) is 3.49. The molecule has 0 saturated heterocycles. The predicted molar refractivity (Wildman–Crippen MR) is 109 cm³/mol. The van der Waals surface area contributed by atoms with E-state index in [1.54, 1.807) is 25.1 Å². The number of benzene rings is 2. The number of hydrogen-bond donors (Lipinski definition) is 2. The van der Waals surface area contributed by atoms with E-state index in [4.69, 9.17) is 4.74 Å². The van der Waals surface area contributed by atoms with Gasteiger partial charge in [-0.2, -0.15) is 0 Å². The highest BCUT2D eigenvalue weighted by Crippen LogP contribution is 2.33. The molecule has 1 aliphatic rings. The van der Waals surface area contributed by atoms with Crippen molar-refractivity contribution in [1.29, 1.82) is 0 Å². The van der Waals surface area contributed by atoms with E-state index < -0.39 is 11.9 Å². The summed E-state index contributed by atoms with van der Waals surface area (Å²) < 4.78 is 4.93. The molecule has 30 heavy (non-hydrogen) atoms. The number of rotatable bonds is 6. The van der Waals surface area contributed by atoms with Crippen LogP contribution >= 0.6 is 0 Å². The van der Waals surface area contributed by atoms with Crippen molar-refractivity contribution < 1.29 is 19.1 Å². The number of nitrogens with one attached hydrogen (secondary N) is 2. The maximum atomic E-state index is 12.8. The van der Waals surface area contributed by atoms with Crippen LogP contribution in [0, 0.1) is 0 Å². The molecule has 7 heteroatoms. The monoisotopic (exact) mass is 403 g/mol. The zero-order valence-corrected chi connectivity index (χ0v) is 16.5. The average Bonchev–Trinajstić information content (AvgIpc) is 3.38. The predicted octanol–water partition coefficient (Wildman–Crippen LogP) is 3.04. The molecule has 0 spiro atoms. The van der Waals surface area contributed by atoms with Crippen LogP contribution in [0.5, 0.6) is 0 Å². The molecule has 3 aromatic rings. The lowest BCUT2D eigenvalue weighted by molar-refractivity contribution is 0.0512. The summed E-state index contributed by atoms with van der Waals surface area (Å²) in [6.07, 6.45) is 1.94. The fourth-order valence-corrected chi connectivity index (χ4v) is 3.59. The number of H-pyrrole nitrogens is 1. The molecule has 1 aromatic heterocycles. The first kappa shape index (κ1) is 19.6. The number of imidazole rings is 1. The zero-order valence-electron chi connectivity index (χ0n) is 16.5. The minimum atomic E-state index is -0.552. The van der Waals surface area contributed by atoms with Crippen molar-refractivity contribution in [3.05, 3.63) is 88.5 Å². The fraction of sp³-hybridized carbons (Fsp3) is 0.217. The second kappa shape index (κ2) is 8.32. The molecule has 2 N–H and O–H groups in total. The van der Waals surface area contributed by atoms with Crippen LogP contribution in [-0.4, -0.2) is 34.2 Å². The van der Waals surface area contributed by atoms with Gasteiger partial charge in [-0.15, -0.1) is 0 Å². The summed E-state index contributed by atoms with van der Waals surface area (Å²) in [5, 5.41) is 2.90. The Kier molecular flexibility index (Phi) is 5.43. The lowest BCUT2D eigenvalue weighted by Gasteiger charge is -2.07. The van der Waals surface area contributed by atoms with Gasteiger partial charge in [-0.3, -0.25) is 9.59 Å². The van der Waals surface area contributed by atoms with E-state index in [9.17, 15) is 14.4 Å². The largest absolute Gasteiger partial charge is 0.460 e. The highest BCUT2D eigenvalue weighted by Gasteiger charge is 2.34. The molecule has 1 atom stereocenters. The Morgan fingerprint density at radius 1 is 1.20 bits per heavy atom. The lowest BCUT2D eigenvalue weighted by atomic mass is 10.0. The molecule has 1 unspecified atom stereocenters. The Balaban J connectivity index is 1.47. The first-order chi connectivity index (χ1) is 14.6. The molecule has 0 bridgehead atoms. The average molecular weight is 403 g/mol. The lowest BCUT2D eigenvalue weighted by Crippen LogP contribution is -2.22. The number of esters is 1. The maximum absolute atomic E-state index is 12.8. The third-order valence-corrected chi connectivity index (χ3v) is 5.11. The molecule has 2 aromatic carbocycles. The van der Waals surface area contributed by atoms with E-state index >= 15 is 0 Å². The summed E-state index contributed by atoms with van der Waals surface area (Å²) in [7, 11) is 0. The fourth-order valence-electron chi connectivity index (χ4n) is 3.59. The standard InChI is InChI=1S/C23H21N3O4/c1-2-30-23(29)21-24-13-19(26-21)18-11-16-10-15(8-9-17(16)20(18)27)22(28)25-12-14-6-4-3-5-7-14/h3-10,13,18H,2,11-12H2,1H3,(H,24,26)(H,25,28). The summed E-state index contributed by atoms with van der Waals surface area (Å²) in [5.74, 6) is -1.18. The highest BCUT2D eigenvalue weighted by atomic mass is 16.5. The molecule has 0 saturated carbocycles. The van der Waals surface area contributed by atoms with Crippen LogP contribution in [0.15, 0.2) is 54.7 Å². The first-order valence-electron chi connectivity index (χ1n) is 9.78. The molecule has 1 amide bonds. The van der Waals surface area contributed by atoms with E-state index in [0.29, 0.717) is 29.8 Å². The van der Waals surface area contributed by atoms with Crippen molar-refractivity contribution in [2.24, 2.45) is 0 Å². The van der Waals surface area contributed by atoms with Crippen LogP contribution in [0.2, 0.25) is 0 Å². The van der Waals surface area contributed by atoms with Gasteiger partial charge in [-0.05, 0) is 36.6 Å². The van der Waals surface area contributed by atoms with E-state index in [2.05, 4.69) is 15.3 Å². The van der Waals surface area contributed by atoms with Crippen LogP contribution in [-0.2, 0) is 17.7 Å². The topological polar surface area (TPSA) is 101 Å². The van der Waals surface area contributed by atoms with Crippen molar-refractivity contribution >= 4 is 17.7 Å². The van der Waals surface area contributed by atoms with Crippen LogP contribution in [0.25, 0.3) is 0 Å². The third kappa shape index (κ3) is 3.87. The smallest absolute Gasteiger partial charge is 0.374 e. The number of ether oxygens (including phenoxy) is 1. The normalized spacial score (nSPS) is 15.0. The van der Waals surface area contributed by atoms with Crippen LogP contribution in [0.1, 0.15) is 61.0 Å². The summed E-state index contributed by atoms with van der Waals surface area (Å²) in [4.78, 5) is 44.1. The van der Waals surface area contributed by atoms with E-state index in [1.807, 2.05) is 30.3 Å². The van der Waals surface area contributed by atoms with Crippen LogP contribution < -0.4 is 5.32 Å². The number of hydrogen-bond acceptors (Lipinski definition) is 5. The summed E-state index contributed by atoms with van der Waals surface area (Å²) >= 11 is 0. The zero-order chi connectivity index (χ0) is 21.1. The Hall–Kier alpha value is -3.74. The van der Waals surface area contributed by atoms with Gasteiger partial charge in [0, 0.05) is 29.6 Å². The van der Waals surface area contributed by atoms with Gasteiger partial charge in [0.05, 0.1) is 12.5 Å². The number of ketones is 1. The number of fused-ring (bicyclic) bond motifs is 1. The number of Topliss-reactive ketones (excluding diaryl/α,β-unsaturated/α-hetero) is 1. The number of carbonyl (C=O) groups is 3. The molecular formula is C23H21N3O4. The van der Waals surface area contributed by atoms with Gasteiger partial charge in [-0.1, -0.05) is 36.4 Å². The Labute approximate surface area is 173 Å². The second-order valence-corrected chi connectivity index (χ2v) is 7.07. The Morgan fingerprint density at radius 3 is 2.77 bits per heavy atom. The summed E-state index contributed by atoms with van der Waals surface area (Å²) in [6.45, 7) is 2.40. The van der Waals surface area contributed by atoms with Gasteiger partial charge in [0.1, 0.15) is 0 Å². The SMILES string of the molecule is CCOC(=O)c1ncc(C2Cc3cc(C(=O)NCc4ccccc4)ccc3C2=O)[nH]1. The Morgan fingerprint density at radius 2 is 2.00 bits per heavy atom. The molecule has 1 heterocycles. The maximum Gasteiger partial charge on any atom is 0.374 e.